The maximum absolute atomic E-state index is 2.60. The first-order valence-electron chi connectivity index (χ1n) is 18.1. The summed E-state index contributed by atoms with van der Waals surface area (Å²) in [5, 5.41) is 6.83. The van der Waals surface area contributed by atoms with Crippen LogP contribution in [-0.2, 0) is 10.8 Å². The topological polar surface area (TPSA) is 8.17 Å². The van der Waals surface area contributed by atoms with E-state index in [9.17, 15) is 0 Å². The lowest BCUT2D eigenvalue weighted by Crippen LogP contribution is -2.59. The highest BCUT2D eigenvalue weighted by Crippen LogP contribution is 2.49. The Hall–Kier alpha value is -4.84. The Morgan fingerprint density at radius 3 is 2.02 bits per heavy atom. The molecule has 5 heterocycles. The summed E-state index contributed by atoms with van der Waals surface area (Å²) in [6.45, 7) is 14.0. The van der Waals surface area contributed by atoms with Crippen LogP contribution in [0.3, 0.4) is 0 Å². The SMILES string of the molecule is CC(C)(C)c1ccc(N2c3cccc4c3B(c3sc5ccc(C(C)(C)C)cc5c32)c2cc3sc5ccccc5c3c3c5ccccc5n-4c23)cc1. The number of para-hydroxylation sites is 1. The minimum absolute atomic E-state index is 0.0477. The van der Waals surface area contributed by atoms with E-state index < -0.39 is 0 Å². The number of nitrogens with zero attached hydrogens (tertiary/aromatic N) is 2. The predicted octanol–water partition coefficient (Wildman–Crippen LogP) is 11.6. The Bertz CT molecular complexity index is 2940. The number of hydrogen-bond acceptors (Lipinski definition) is 3. The Morgan fingerprint density at radius 1 is 0.549 bits per heavy atom. The summed E-state index contributed by atoms with van der Waals surface area (Å²) >= 11 is 3.93. The second-order valence-corrected chi connectivity index (χ2v) is 18.7. The van der Waals surface area contributed by atoms with Crippen LogP contribution in [0.1, 0.15) is 52.7 Å². The van der Waals surface area contributed by atoms with Gasteiger partial charge in [-0.3, -0.25) is 0 Å². The molecule has 0 aliphatic carbocycles. The molecule has 3 aromatic heterocycles. The second kappa shape index (κ2) is 9.94. The maximum atomic E-state index is 2.60. The average Bonchev–Trinajstić information content (AvgIpc) is 3.79. The van der Waals surface area contributed by atoms with Gasteiger partial charge in [-0.2, -0.15) is 0 Å². The van der Waals surface area contributed by atoms with E-state index in [4.69, 9.17) is 0 Å². The quantitative estimate of drug-likeness (QED) is 0.156. The molecule has 0 fully saturated rings. The molecule has 0 saturated carbocycles. The molecule has 6 aromatic carbocycles. The number of anilines is 3. The Labute approximate surface area is 306 Å². The summed E-state index contributed by atoms with van der Waals surface area (Å²) in [5.41, 5.74) is 13.5. The van der Waals surface area contributed by atoms with Gasteiger partial charge < -0.3 is 9.47 Å². The third-order valence-electron chi connectivity index (χ3n) is 11.5. The van der Waals surface area contributed by atoms with Crippen molar-refractivity contribution in [3.63, 3.8) is 0 Å². The van der Waals surface area contributed by atoms with Gasteiger partial charge >= 0.3 is 0 Å². The lowest BCUT2D eigenvalue weighted by Gasteiger charge is -2.39. The molecule has 0 saturated heterocycles. The van der Waals surface area contributed by atoms with Gasteiger partial charge in [0, 0.05) is 62.9 Å². The highest BCUT2D eigenvalue weighted by Gasteiger charge is 2.44. The predicted molar refractivity (Wildman–Crippen MR) is 226 cm³/mol. The third kappa shape index (κ3) is 3.94. The van der Waals surface area contributed by atoms with Crippen molar-refractivity contribution in [3.05, 3.63) is 126 Å². The Kier molecular flexibility index (Phi) is 5.82. The van der Waals surface area contributed by atoms with Crippen molar-refractivity contribution in [1.29, 1.82) is 0 Å². The summed E-state index contributed by atoms with van der Waals surface area (Å²) < 4.78 is 8.11. The van der Waals surface area contributed by atoms with Crippen molar-refractivity contribution in [2.45, 2.75) is 52.4 Å². The van der Waals surface area contributed by atoms with E-state index in [0.29, 0.717) is 0 Å². The number of fused-ring (bicyclic) bond motifs is 13. The van der Waals surface area contributed by atoms with Crippen molar-refractivity contribution in [2.24, 2.45) is 0 Å². The van der Waals surface area contributed by atoms with Gasteiger partial charge in [0.1, 0.15) is 0 Å². The smallest absolute Gasteiger partial charge is 0.264 e. The fraction of sp³-hybridized carbons (Fsp3) is 0.174. The molecule has 0 bridgehead atoms. The third-order valence-corrected chi connectivity index (χ3v) is 13.8. The van der Waals surface area contributed by atoms with Gasteiger partial charge in [-0.1, -0.05) is 102 Å². The van der Waals surface area contributed by atoms with E-state index in [1.807, 2.05) is 22.7 Å². The molecule has 0 amide bonds. The summed E-state index contributed by atoms with van der Waals surface area (Å²) in [5.74, 6) is 0. The van der Waals surface area contributed by atoms with Crippen LogP contribution < -0.4 is 20.6 Å². The van der Waals surface area contributed by atoms with Crippen LogP contribution in [0.15, 0.2) is 115 Å². The molecule has 246 valence electrons. The molecule has 9 aromatic rings. The first kappa shape index (κ1) is 29.9. The van der Waals surface area contributed by atoms with Gasteiger partial charge in [0.2, 0.25) is 0 Å². The number of benzene rings is 6. The molecule has 0 atom stereocenters. The maximum Gasteiger partial charge on any atom is 0.264 e. The van der Waals surface area contributed by atoms with E-state index >= 15 is 0 Å². The van der Waals surface area contributed by atoms with Crippen LogP contribution in [-0.4, -0.2) is 11.3 Å². The van der Waals surface area contributed by atoms with Gasteiger partial charge in [0.05, 0.1) is 16.7 Å². The minimum atomic E-state index is 0.0477. The number of aromatic nitrogens is 1. The Morgan fingerprint density at radius 2 is 1.24 bits per heavy atom. The van der Waals surface area contributed by atoms with Crippen LogP contribution in [0.25, 0.3) is 57.8 Å². The molecule has 2 aliphatic rings. The van der Waals surface area contributed by atoms with E-state index in [-0.39, 0.29) is 17.5 Å². The first-order chi connectivity index (χ1) is 24.6. The average molecular weight is 693 g/mol. The lowest BCUT2D eigenvalue weighted by atomic mass is 9.36. The van der Waals surface area contributed by atoms with Gasteiger partial charge in [0.25, 0.3) is 6.71 Å². The van der Waals surface area contributed by atoms with Crippen LogP contribution in [0.5, 0.6) is 0 Å². The summed E-state index contributed by atoms with van der Waals surface area (Å²) in [6, 6.07) is 44.2. The van der Waals surface area contributed by atoms with E-state index in [1.165, 1.54) is 102 Å². The fourth-order valence-electron chi connectivity index (χ4n) is 9.02. The molecule has 2 aliphatic heterocycles. The van der Waals surface area contributed by atoms with Crippen LogP contribution in [0.4, 0.5) is 17.1 Å². The van der Waals surface area contributed by atoms with Crippen molar-refractivity contribution in [3.8, 4) is 5.69 Å². The normalized spacial score (nSPS) is 14.0. The van der Waals surface area contributed by atoms with E-state index in [2.05, 4.69) is 166 Å². The van der Waals surface area contributed by atoms with Gasteiger partial charge in [-0.15, -0.1) is 22.7 Å². The summed E-state index contributed by atoms with van der Waals surface area (Å²) in [6.07, 6.45) is 0. The van der Waals surface area contributed by atoms with Crippen molar-refractivity contribution < 1.29 is 0 Å². The van der Waals surface area contributed by atoms with Crippen LogP contribution in [0, 0.1) is 0 Å². The molecular weight excluding hydrogens is 655 g/mol. The molecular formula is C46H37BN2S2. The number of thiophene rings is 2. The standard InChI is InChI=1S/C46H37BN2S2/c1-45(2,3)26-18-21-28(22-19-26)48-34-15-11-16-35-41(34)47(44-42(48)31-24-27(46(4,5)6)20-23-37(31)51-44)32-25-38-39(30-13-8-10-17-36(30)50-38)40-29-12-7-9-14-33(29)49(35)43(32)40/h7-25H,1-6H3. The van der Waals surface area contributed by atoms with Crippen molar-refractivity contribution in [2.75, 3.05) is 4.90 Å². The molecule has 5 heteroatoms. The largest absolute Gasteiger partial charge is 0.310 e. The van der Waals surface area contributed by atoms with E-state index in [1.54, 1.807) is 0 Å². The monoisotopic (exact) mass is 692 g/mol. The van der Waals surface area contributed by atoms with Gasteiger partial charge in [0.15, 0.2) is 0 Å². The summed E-state index contributed by atoms with van der Waals surface area (Å²) in [7, 11) is 0. The molecule has 51 heavy (non-hydrogen) atoms. The van der Waals surface area contributed by atoms with Gasteiger partial charge in [-0.05, 0) is 87.5 Å². The summed E-state index contributed by atoms with van der Waals surface area (Å²) in [4.78, 5) is 2.59. The minimum Gasteiger partial charge on any atom is -0.310 e. The highest BCUT2D eigenvalue weighted by atomic mass is 32.1. The molecule has 0 spiro atoms. The molecule has 0 N–H and O–H groups in total. The van der Waals surface area contributed by atoms with Crippen LogP contribution in [0.2, 0.25) is 0 Å². The zero-order valence-electron chi connectivity index (χ0n) is 29.8. The van der Waals surface area contributed by atoms with Crippen LogP contribution >= 0.6 is 22.7 Å². The Balaban J connectivity index is 1.31. The number of rotatable bonds is 1. The lowest BCUT2D eigenvalue weighted by molar-refractivity contribution is 0.590. The first-order valence-corrected chi connectivity index (χ1v) is 19.7. The van der Waals surface area contributed by atoms with Crippen molar-refractivity contribution >= 4 is 114 Å². The second-order valence-electron chi connectivity index (χ2n) is 16.6. The van der Waals surface area contributed by atoms with E-state index in [0.717, 1.165) is 0 Å². The zero-order valence-corrected chi connectivity index (χ0v) is 31.4. The number of hydrogen-bond donors (Lipinski definition) is 0. The molecule has 2 nitrogen and oxygen atoms in total. The van der Waals surface area contributed by atoms with Crippen molar-refractivity contribution in [1.82, 2.24) is 4.57 Å². The fourth-order valence-corrected chi connectivity index (χ4v) is 11.5. The molecule has 11 rings (SSSR count). The molecule has 0 radical (unpaired) electrons. The highest BCUT2D eigenvalue weighted by molar-refractivity contribution is 7.34. The zero-order chi connectivity index (χ0) is 34.6. The molecule has 0 unspecified atom stereocenters. The van der Waals surface area contributed by atoms with Gasteiger partial charge in [-0.25, -0.2) is 0 Å².